The lowest BCUT2D eigenvalue weighted by Gasteiger charge is -2.16. The van der Waals surface area contributed by atoms with Gasteiger partial charge in [-0.25, -0.2) is 4.40 Å². The van der Waals surface area contributed by atoms with Gasteiger partial charge in [-0.3, -0.25) is 8.99 Å². The van der Waals surface area contributed by atoms with Crippen molar-refractivity contribution >= 4 is 56.0 Å². The highest BCUT2D eigenvalue weighted by Crippen LogP contribution is 2.41. The summed E-state index contributed by atoms with van der Waals surface area (Å²) in [7, 11) is 0. The molecule has 0 unspecified atom stereocenters. The molecule has 0 fully saturated rings. The molecule has 3 aromatic carbocycles. The Morgan fingerprint density at radius 3 is 2.73 bits per heavy atom. The van der Waals surface area contributed by atoms with Crippen LogP contribution in [0.5, 0.6) is 0 Å². The molecular formula is C27H18N2O. The lowest BCUT2D eigenvalue weighted by molar-refractivity contribution is -0.443. The van der Waals surface area contributed by atoms with Crippen LogP contribution >= 0.6 is 0 Å². The number of para-hydroxylation sites is 2. The summed E-state index contributed by atoms with van der Waals surface area (Å²) in [5, 5.41) is 4.84. The maximum atomic E-state index is 6.65. The number of hydrogen-bond acceptors (Lipinski definition) is 0. The van der Waals surface area contributed by atoms with Crippen LogP contribution in [0.2, 0.25) is 0 Å². The highest BCUT2D eigenvalue weighted by atomic mass is 16.3. The van der Waals surface area contributed by atoms with Crippen molar-refractivity contribution in [2.24, 2.45) is 0 Å². The van der Waals surface area contributed by atoms with Gasteiger partial charge in [-0.15, -0.1) is 36.4 Å². The van der Waals surface area contributed by atoms with Crippen LogP contribution in [-0.4, -0.2) is 11.3 Å². The molecule has 1 aliphatic rings. The first-order chi connectivity index (χ1) is 14.7. The lowest BCUT2D eigenvalue weighted by Crippen LogP contribution is -2.17. The second kappa shape index (κ2) is 5.33. The summed E-state index contributed by atoms with van der Waals surface area (Å²) in [6, 6.07) is 20.5. The van der Waals surface area contributed by atoms with Crippen LogP contribution in [0.1, 0.15) is 11.1 Å². The third-order valence-electron chi connectivity index (χ3n) is 6.40. The molecule has 0 amide bonds. The molecule has 0 radical (unpaired) electrons. The summed E-state index contributed by atoms with van der Waals surface area (Å²) in [5.41, 5.74) is 7.75. The Morgan fingerprint density at radius 1 is 0.933 bits per heavy atom. The fraction of sp³-hybridized carbons (Fsp3) is 0.0370. The Hall–Kier alpha value is -3.98. The summed E-state index contributed by atoms with van der Waals surface area (Å²) in [6.45, 7) is 6.31. The first-order valence-electron chi connectivity index (χ1n) is 10.1. The molecule has 0 bridgehead atoms. The molecule has 3 nitrogen and oxygen atoms in total. The van der Waals surface area contributed by atoms with Gasteiger partial charge in [0.15, 0.2) is 6.04 Å². The summed E-state index contributed by atoms with van der Waals surface area (Å²) >= 11 is 0. The average Bonchev–Trinajstić information content (AvgIpc) is 3.40. The van der Waals surface area contributed by atoms with Gasteiger partial charge >= 0.3 is 5.58 Å². The van der Waals surface area contributed by atoms with Crippen molar-refractivity contribution in [2.45, 2.75) is 6.92 Å². The number of aromatic nitrogens is 1. The van der Waals surface area contributed by atoms with E-state index in [1.807, 2.05) is 22.9 Å². The summed E-state index contributed by atoms with van der Waals surface area (Å²) in [4.78, 5) is 0. The first-order valence-corrected chi connectivity index (χ1v) is 10.1. The Kier molecular flexibility index (Phi) is 2.82. The van der Waals surface area contributed by atoms with E-state index in [0.29, 0.717) is 0 Å². The molecule has 1 aliphatic heterocycles. The molecule has 0 spiro atoms. The van der Waals surface area contributed by atoms with Crippen molar-refractivity contribution in [3.05, 3.63) is 96.2 Å². The minimum atomic E-state index is 0.920. The van der Waals surface area contributed by atoms with Crippen molar-refractivity contribution in [2.75, 3.05) is 0 Å². The van der Waals surface area contributed by atoms with E-state index in [0.717, 1.165) is 39.1 Å². The lowest BCUT2D eigenvalue weighted by atomic mass is 9.97. The molecular weight excluding hydrogens is 368 g/mol. The SMILES string of the molecule is C=[N+]1C=CC=C[C-]1c1c(C)ccc2c1[o+][c-]1c3cccc4c5cccc[c-]5[n+](c43)c21. The molecule has 0 saturated heterocycles. The minimum absolute atomic E-state index is 0.920. The topological polar surface area (TPSA) is 18.4 Å². The number of furan rings is 1. The third kappa shape index (κ3) is 1.76. The molecule has 4 heterocycles. The van der Waals surface area contributed by atoms with Crippen molar-refractivity contribution < 1.29 is 13.4 Å². The van der Waals surface area contributed by atoms with Gasteiger partial charge in [0.2, 0.25) is 5.52 Å². The molecule has 3 aromatic heterocycles. The maximum absolute atomic E-state index is 6.65. The van der Waals surface area contributed by atoms with Crippen molar-refractivity contribution in [3.63, 3.8) is 0 Å². The van der Waals surface area contributed by atoms with Crippen LogP contribution in [0.3, 0.4) is 0 Å². The van der Waals surface area contributed by atoms with E-state index in [1.54, 1.807) is 0 Å². The first kappa shape index (κ1) is 15.9. The predicted octanol–water partition coefficient (Wildman–Crippen LogP) is 5.77. The largest absolute Gasteiger partial charge is 0.328 e. The van der Waals surface area contributed by atoms with Crippen LogP contribution < -0.4 is 4.40 Å². The molecule has 0 aliphatic carbocycles. The van der Waals surface area contributed by atoms with Crippen molar-refractivity contribution in [1.82, 2.24) is 0 Å². The fourth-order valence-corrected chi connectivity index (χ4v) is 5.11. The van der Waals surface area contributed by atoms with E-state index < -0.39 is 0 Å². The van der Waals surface area contributed by atoms with Gasteiger partial charge in [-0.1, -0.05) is 36.8 Å². The Labute approximate surface area is 172 Å². The number of aryl methyl sites for hydroxylation is 1. The van der Waals surface area contributed by atoms with Crippen molar-refractivity contribution in [3.8, 4) is 0 Å². The smallest absolute Gasteiger partial charge is 0.285 e. The summed E-state index contributed by atoms with van der Waals surface area (Å²) < 4.78 is 10.9. The zero-order valence-electron chi connectivity index (χ0n) is 16.5. The van der Waals surface area contributed by atoms with Gasteiger partial charge in [0.1, 0.15) is 17.2 Å². The van der Waals surface area contributed by atoms with Crippen LogP contribution in [-0.2, 0) is 0 Å². The van der Waals surface area contributed by atoms with Gasteiger partial charge in [-0.05, 0) is 22.9 Å². The van der Waals surface area contributed by atoms with Gasteiger partial charge in [0, 0.05) is 10.8 Å². The minimum Gasteiger partial charge on any atom is -0.285 e. The van der Waals surface area contributed by atoms with E-state index in [-0.39, 0.29) is 0 Å². The molecule has 6 aromatic rings. The number of benzene rings is 3. The van der Waals surface area contributed by atoms with Crippen LogP contribution in [0.4, 0.5) is 0 Å². The zero-order chi connectivity index (χ0) is 20.0. The predicted molar refractivity (Wildman–Crippen MR) is 121 cm³/mol. The Balaban J connectivity index is 1.71. The molecule has 7 rings (SSSR count). The van der Waals surface area contributed by atoms with Crippen molar-refractivity contribution in [1.29, 1.82) is 0 Å². The Bertz CT molecular complexity index is 1720. The summed E-state index contributed by atoms with van der Waals surface area (Å²) in [5.74, 6) is 0. The highest BCUT2D eigenvalue weighted by Gasteiger charge is 2.31. The van der Waals surface area contributed by atoms with Crippen LogP contribution in [0, 0.1) is 13.0 Å². The number of nitrogens with zero attached hydrogens (tertiary/aromatic N) is 2. The monoisotopic (exact) mass is 386 g/mol. The summed E-state index contributed by atoms with van der Waals surface area (Å²) in [6.07, 6.45) is 8.11. The van der Waals surface area contributed by atoms with E-state index >= 15 is 0 Å². The number of rotatable bonds is 1. The molecule has 0 atom stereocenters. The average molecular weight is 386 g/mol. The number of allylic oxidation sites excluding steroid dienone is 2. The zero-order valence-corrected chi connectivity index (χ0v) is 16.5. The molecule has 3 heteroatoms. The maximum Gasteiger partial charge on any atom is 0.328 e. The van der Waals surface area contributed by atoms with Gasteiger partial charge in [0.05, 0.1) is 12.3 Å². The standard InChI is InChI=1S/C27H18N2O/c1-16-13-14-20-25-27(30-26(20)23(16)22-12-5-6-15-28(22)2)19-10-7-9-18-17-8-3-4-11-21(17)29(25)24(18)19/h3-15H,2H2,1H3. The Morgan fingerprint density at radius 2 is 1.83 bits per heavy atom. The second-order valence-electron chi connectivity index (χ2n) is 8.02. The van der Waals surface area contributed by atoms with E-state index in [4.69, 9.17) is 4.42 Å². The third-order valence-corrected chi connectivity index (χ3v) is 6.40. The second-order valence-corrected chi connectivity index (χ2v) is 8.02. The fourth-order valence-electron chi connectivity index (χ4n) is 5.11. The molecule has 0 N–H and O–H groups in total. The van der Waals surface area contributed by atoms with Crippen LogP contribution in [0.25, 0.3) is 49.3 Å². The van der Waals surface area contributed by atoms with E-state index in [9.17, 15) is 0 Å². The normalized spacial score (nSPS) is 14.6. The van der Waals surface area contributed by atoms with Crippen LogP contribution in [0.15, 0.2) is 83.4 Å². The van der Waals surface area contributed by atoms with Gasteiger partial charge in [0.25, 0.3) is 5.58 Å². The van der Waals surface area contributed by atoms with E-state index in [1.165, 1.54) is 27.4 Å². The van der Waals surface area contributed by atoms with E-state index in [2.05, 4.69) is 78.7 Å². The molecule has 0 saturated carbocycles. The highest BCUT2D eigenvalue weighted by molar-refractivity contribution is 6.20. The molecule has 142 valence electrons. The molecule has 30 heavy (non-hydrogen) atoms. The number of fused-ring (bicyclic) bond motifs is 8. The van der Waals surface area contributed by atoms with Gasteiger partial charge in [-0.2, -0.15) is 0 Å². The number of hydrogen-bond donors (Lipinski definition) is 0. The van der Waals surface area contributed by atoms with Gasteiger partial charge < -0.3 is 0 Å². The quantitative estimate of drug-likeness (QED) is 0.199.